The van der Waals surface area contributed by atoms with Crippen LogP contribution in [0.25, 0.3) is 0 Å². The Kier molecular flexibility index (Phi) is 5.02. The van der Waals surface area contributed by atoms with Gasteiger partial charge in [0, 0.05) is 0 Å². The van der Waals surface area contributed by atoms with E-state index >= 15 is 0 Å². The van der Waals surface area contributed by atoms with Crippen molar-refractivity contribution < 1.29 is 0 Å². The van der Waals surface area contributed by atoms with E-state index in [1.807, 2.05) is 19.1 Å². The Morgan fingerprint density at radius 2 is 1.90 bits per heavy atom. The first-order valence-electron chi connectivity index (χ1n) is 7.00. The van der Waals surface area contributed by atoms with Crippen LogP contribution < -0.4 is 5.32 Å². The molecule has 2 nitrogen and oxygen atoms in total. The highest BCUT2D eigenvalue weighted by Gasteiger charge is 2.13. The zero-order valence-electron chi connectivity index (χ0n) is 12.2. The third kappa shape index (κ3) is 3.97. The van der Waals surface area contributed by atoms with Gasteiger partial charge in [-0.05, 0) is 36.5 Å². The molecule has 2 aromatic rings. The highest BCUT2D eigenvalue weighted by Crippen LogP contribution is 2.26. The van der Waals surface area contributed by atoms with Crippen LogP contribution in [0.2, 0.25) is 5.15 Å². The highest BCUT2D eigenvalue weighted by molar-refractivity contribution is 6.30. The highest BCUT2D eigenvalue weighted by atomic mass is 35.5. The number of aryl methyl sites for hydroxylation is 1. The molecule has 1 N–H and O–H groups in total. The average molecular weight is 289 g/mol. The molecule has 0 saturated heterocycles. The number of halogens is 1. The molecule has 0 aliphatic carbocycles. The van der Waals surface area contributed by atoms with Crippen molar-refractivity contribution in [3.63, 3.8) is 0 Å². The van der Waals surface area contributed by atoms with Crippen molar-refractivity contribution in [1.82, 2.24) is 4.98 Å². The largest absolute Gasteiger partial charge is 0.377 e. The molecular formula is C17H21ClN2. The fraction of sp³-hybridized carbons (Fsp3) is 0.353. The molecule has 2 rings (SSSR count). The van der Waals surface area contributed by atoms with Crippen molar-refractivity contribution in [3.05, 3.63) is 58.9 Å². The standard InChI is InChI=1S/C17H21ClN2/c1-12(2)9-16(14-7-5-4-6-8-14)20-15-10-13(3)17(18)19-11-15/h4-8,10-12,16,20H,9H2,1-3H3. The van der Waals surface area contributed by atoms with Gasteiger partial charge in [0.15, 0.2) is 0 Å². The first-order chi connectivity index (χ1) is 9.56. The normalized spacial score (nSPS) is 12.4. The predicted octanol–water partition coefficient (Wildman–Crippen LogP) is 5.24. The summed E-state index contributed by atoms with van der Waals surface area (Å²) < 4.78 is 0. The minimum absolute atomic E-state index is 0.290. The minimum Gasteiger partial charge on any atom is -0.377 e. The van der Waals surface area contributed by atoms with Crippen LogP contribution in [0.3, 0.4) is 0 Å². The molecule has 0 bridgehead atoms. The summed E-state index contributed by atoms with van der Waals surface area (Å²) in [6.45, 7) is 6.45. The van der Waals surface area contributed by atoms with Crippen molar-refractivity contribution in [3.8, 4) is 0 Å². The summed E-state index contributed by atoms with van der Waals surface area (Å²) in [5.74, 6) is 0.620. The number of rotatable bonds is 5. The molecule has 0 spiro atoms. The Morgan fingerprint density at radius 3 is 2.50 bits per heavy atom. The quantitative estimate of drug-likeness (QED) is 0.761. The molecule has 0 radical (unpaired) electrons. The van der Waals surface area contributed by atoms with Gasteiger partial charge in [-0.25, -0.2) is 4.98 Å². The van der Waals surface area contributed by atoms with E-state index in [2.05, 4.69) is 48.4 Å². The molecule has 1 unspecified atom stereocenters. The lowest BCUT2D eigenvalue weighted by Gasteiger charge is -2.22. The van der Waals surface area contributed by atoms with E-state index in [1.54, 1.807) is 6.20 Å². The lowest BCUT2D eigenvalue weighted by atomic mass is 9.97. The van der Waals surface area contributed by atoms with E-state index in [9.17, 15) is 0 Å². The third-order valence-corrected chi connectivity index (χ3v) is 3.66. The van der Waals surface area contributed by atoms with Gasteiger partial charge in [0.25, 0.3) is 0 Å². The first-order valence-corrected chi connectivity index (χ1v) is 7.37. The van der Waals surface area contributed by atoms with Crippen molar-refractivity contribution in [2.24, 2.45) is 5.92 Å². The van der Waals surface area contributed by atoms with E-state index in [-0.39, 0.29) is 0 Å². The van der Waals surface area contributed by atoms with Gasteiger partial charge in [0.2, 0.25) is 0 Å². The Morgan fingerprint density at radius 1 is 1.20 bits per heavy atom. The number of nitrogens with one attached hydrogen (secondary N) is 1. The van der Waals surface area contributed by atoms with Crippen LogP contribution in [0.15, 0.2) is 42.6 Å². The second-order valence-corrected chi connectivity index (χ2v) is 5.93. The van der Waals surface area contributed by atoms with Crippen LogP contribution in [0, 0.1) is 12.8 Å². The molecule has 0 fully saturated rings. The van der Waals surface area contributed by atoms with Crippen LogP contribution >= 0.6 is 11.6 Å². The molecule has 20 heavy (non-hydrogen) atoms. The summed E-state index contributed by atoms with van der Waals surface area (Å²) in [7, 11) is 0. The Labute approximate surface area is 126 Å². The van der Waals surface area contributed by atoms with Crippen molar-refractivity contribution in [2.45, 2.75) is 33.2 Å². The van der Waals surface area contributed by atoms with E-state index in [4.69, 9.17) is 11.6 Å². The van der Waals surface area contributed by atoms with Gasteiger partial charge in [0.05, 0.1) is 17.9 Å². The van der Waals surface area contributed by atoms with E-state index in [0.29, 0.717) is 17.1 Å². The van der Waals surface area contributed by atoms with Gasteiger partial charge >= 0.3 is 0 Å². The third-order valence-electron chi connectivity index (χ3n) is 3.26. The fourth-order valence-corrected chi connectivity index (χ4v) is 2.38. The Bertz CT molecular complexity index is 552. The van der Waals surface area contributed by atoms with Gasteiger partial charge in [-0.3, -0.25) is 0 Å². The van der Waals surface area contributed by atoms with Crippen LogP contribution in [0.1, 0.15) is 37.4 Å². The summed E-state index contributed by atoms with van der Waals surface area (Å²) in [6.07, 6.45) is 2.87. The number of aromatic nitrogens is 1. The van der Waals surface area contributed by atoms with Crippen LogP contribution in [-0.4, -0.2) is 4.98 Å². The maximum atomic E-state index is 5.98. The maximum absolute atomic E-state index is 5.98. The fourth-order valence-electron chi connectivity index (χ4n) is 2.27. The summed E-state index contributed by atoms with van der Waals surface area (Å²) >= 11 is 5.98. The smallest absolute Gasteiger partial charge is 0.132 e. The number of hydrogen-bond acceptors (Lipinski definition) is 2. The molecule has 1 aromatic heterocycles. The van der Waals surface area contributed by atoms with Crippen LogP contribution in [0.5, 0.6) is 0 Å². The summed E-state index contributed by atoms with van der Waals surface area (Å²) in [5.41, 5.74) is 3.31. The molecule has 0 saturated carbocycles. The molecule has 1 atom stereocenters. The number of nitrogens with zero attached hydrogens (tertiary/aromatic N) is 1. The minimum atomic E-state index is 0.290. The molecule has 3 heteroatoms. The summed E-state index contributed by atoms with van der Waals surface area (Å²) in [6, 6.07) is 12.9. The Hall–Kier alpha value is -1.54. The topological polar surface area (TPSA) is 24.9 Å². The Balaban J connectivity index is 2.21. The van der Waals surface area contributed by atoms with Crippen molar-refractivity contribution >= 4 is 17.3 Å². The number of hydrogen-bond donors (Lipinski definition) is 1. The molecule has 0 amide bonds. The van der Waals surface area contributed by atoms with Crippen molar-refractivity contribution in [1.29, 1.82) is 0 Å². The van der Waals surface area contributed by atoms with Gasteiger partial charge in [-0.2, -0.15) is 0 Å². The van der Waals surface area contributed by atoms with E-state index in [0.717, 1.165) is 17.7 Å². The zero-order valence-corrected chi connectivity index (χ0v) is 13.0. The van der Waals surface area contributed by atoms with Gasteiger partial charge in [-0.1, -0.05) is 55.8 Å². The van der Waals surface area contributed by atoms with E-state index in [1.165, 1.54) is 5.56 Å². The van der Waals surface area contributed by atoms with Gasteiger partial charge in [0.1, 0.15) is 5.15 Å². The molecule has 1 aromatic carbocycles. The molecule has 0 aliphatic heterocycles. The monoisotopic (exact) mass is 288 g/mol. The molecular weight excluding hydrogens is 268 g/mol. The average Bonchev–Trinajstić information content (AvgIpc) is 2.43. The predicted molar refractivity (Wildman–Crippen MR) is 86.2 cm³/mol. The second-order valence-electron chi connectivity index (χ2n) is 5.57. The van der Waals surface area contributed by atoms with Crippen LogP contribution in [-0.2, 0) is 0 Å². The lowest BCUT2D eigenvalue weighted by molar-refractivity contribution is 0.531. The number of benzene rings is 1. The first kappa shape index (κ1) is 14.9. The SMILES string of the molecule is Cc1cc(NC(CC(C)C)c2ccccc2)cnc1Cl. The van der Waals surface area contributed by atoms with Crippen LogP contribution in [0.4, 0.5) is 5.69 Å². The molecule has 1 heterocycles. The second kappa shape index (κ2) is 6.76. The maximum Gasteiger partial charge on any atom is 0.132 e. The van der Waals surface area contributed by atoms with Crippen molar-refractivity contribution in [2.75, 3.05) is 5.32 Å². The lowest BCUT2D eigenvalue weighted by Crippen LogP contribution is -2.13. The zero-order chi connectivity index (χ0) is 14.5. The summed E-state index contributed by atoms with van der Waals surface area (Å²) in [4.78, 5) is 4.21. The number of pyridine rings is 1. The number of anilines is 1. The van der Waals surface area contributed by atoms with Gasteiger partial charge in [-0.15, -0.1) is 0 Å². The molecule has 0 aliphatic rings. The van der Waals surface area contributed by atoms with E-state index < -0.39 is 0 Å². The molecule has 106 valence electrons. The summed E-state index contributed by atoms with van der Waals surface area (Å²) in [5, 5.41) is 4.14. The van der Waals surface area contributed by atoms with Gasteiger partial charge < -0.3 is 5.32 Å².